The van der Waals surface area contributed by atoms with Crippen LogP contribution in [0.2, 0.25) is 0 Å². The summed E-state index contributed by atoms with van der Waals surface area (Å²) in [6.07, 6.45) is 6.56. The average Bonchev–Trinajstić information content (AvgIpc) is 3.33. The highest BCUT2D eigenvalue weighted by atomic mass is 16.3. The Morgan fingerprint density at radius 2 is 2.20 bits per heavy atom. The fraction of sp³-hybridized carbons (Fsp3) is 0.176. The zero-order valence-electron chi connectivity index (χ0n) is 13.4. The Labute approximate surface area is 142 Å². The van der Waals surface area contributed by atoms with Crippen molar-refractivity contribution < 1.29 is 9.21 Å². The van der Waals surface area contributed by atoms with Crippen LogP contribution in [0.25, 0.3) is 22.4 Å². The lowest BCUT2D eigenvalue weighted by molar-refractivity contribution is -0.121. The van der Waals surface area contributed by atoms with Gasteiger partial charge in [0.1, 0.15) is 24.7 Å². The molecule has 1 aliphatic rings. The summed E-state index contributed by atoms with van der Waals surface area (Å²) < 4.78 is 8.82. The van der Waals surface area contributed by atoms with Gasteiger partial charge in [0.15, 0.2) is 5.78 Å². The van der Waals surface area contributed by atoms with Crippen molar-refractivity contribution in [3.63, 3.8) is 0 Å². The van der Waals surface area contributed by atoms with E-state index < -0.39 is 6.04 Å². The molecule has 0 fully saturated rings. The van der Waals surface area contributed by atoms with E-state index in [-0.39, 0.29) is 12.3 Å². The molecule has 4 aromatic rings. The third kappa shape index (κ3) is 2.07. The largest absolute Gasteiger partial charge is 0.444 e. The molecule has 4 heterocycles. The van der Waals surface area contributed by atoms with Crippen molar-refractivity contribution in [3.05, 3.63) is 48.6 Å². The molecule has 1 unspecified atom stereocenters. The lowest BCUT2D eigenvalue weighted by Gasteiger charge is -2.25. The number of nitrogens with zero attached hydrogens (tertiary/aromatic N) is 5. The smallest absolute Gasteiger partial charge is 0.231 e. The molecule has 5 rings (SSSR count). The molecule has 8 heteroatoms. The summed E-state index contributed by atoms with van der Waals surface area (Å²) in [7, 11) is 1.90. The number of nitrogens with one attached hydrogen (secondary N) is 1. The molecule has 0 saturated heterocycles. The number of ketones is 1. The first-order valence-corrected chi connectivity index (χ1v) is 7.87. The Morgan fingerprint density at radius 1 is 1.28 bits per heavy atom. The van der Waals surface area contributed by atoms with E-state index in [2.05, 4.69) is 20.5 Å². The lowest BCUT2D eigenvalue weighted by Crippen LogP contribution is -2.32. The first-order valence-electron chi connectivity index (χ1n) is 7.87. The van der Waals surface area contributed by atoms with Crippen LogP contribution in [0, 0.1) is 0 Å². The number of aromatic nitrogens is 5. The zero-order chi connectivity index (χ0) is 17.0. The van der Waals surface area contributed by atoms with E-state index in [1.807, 2.05) is 29.9 Å². The van der Waals surface area contributed by atoms with E-state index >= 15 is 0 Å². The van der Waals surface area contributed by atoms with Crippen molar-refractivity contribution in [2.75, 3.05) is 5.32 Å². The molecule has 0 spiro atoms. The van der Waals surface area contributed by atoms with Gasteiger partial charge in [-0.1, -0.05) is 6.07 Å². The van der Waals surface area contributed by atoms with Gasteiger partial charge in [0.05, 0.1) is 29.7 Å². The number of carbonyl (C=O) groups is 1. The SMILES string of the molecule is Cn1ncc2cc(C3Nc4c(-c5ncco5)cnn4CC3=O)ccc21. The van der Waals surface area contributed by atoms with Crippen LogP contribution in [0.4, 0.5) is 5.82 Å². The number of carbonyl (C=O) groups excluding carboxylic acids is 1. The quantitative estimate of drug-likeness (QED) is 0.604. The van der Waals surface area contributed by atoms with Crippen molar-refractivity contribution in [1.82, 2.24) is 24.5 Å². The minimum absolute atomic E-state index is 0.0535. The normalized spacial score (nSPS) is 16.8. The molecule has 0 aliphatic carbocycles. The second-order valence-electron chi connectivity index (χ2n) is 6.03. The summed E-state index contributed by atoms with van der Waals surface area (Å²) >= 11 is 0. The fourth-order valence-electron chi connectivity index (χ4n) is 3.26. The molecular weight excluding hydrogens is 320 g/mol. The van der Waals surface area contributed by atoms with Crippen LogP contribution >= 0.6 is 0 Å². The van der Waals surface area contributed by atoms with E-state index in [0.717, 1.165) is 27.8 Å². The predicted molar refractivity (Wildman–Crippen MR) is 89.8 cm³/mol. The molecule has 1 aliphatic heterocycles. The van der Waals surface area contributed by atoms with Crippen molar-refractivity contribution in [1.29, 1.82) is 0 Å². The Balaban J connectivity index is 1.57. The van der Waals surface area contributed by atoms with Crippen molar-refractivity contribution in [2.24, 2.45) is 7.05 Å². The minimum Gasteiger partial charge on any atom is -0.444 e. The zero-order valence-corrected chi connectivity index (χ0v) is 13.4. The maximum atomic E-state index is 12.6. The van der Waals surface area contributed by atoms with E-state index in [0.29, 0.717) is 5.89 Å². The van der Waals surface area contributed by atoms with Crippen LogP contribution in [0.5, 0.6) is 0 Å². The van der Waals surface area contributed by atoms with Gasteiger partial charge in [-0.2, -0.15) is 10.2 Å². The van der Waals surface area contributed by atoms with Gasteiger partial charge in [-0.05, 0) is 17.7 Å². The minimum atomic E-state index is -0.442. The summed E-state index contributed by atoms with van der Waals surface area (Å²) in [6.45, 7) is 0.207. The second kappa shape index (κ2) is 5.04. The molecule has 1 aromatic carbocycles. The molecule has 1 N–H and O–H groups in total. The van der Waals surface area contributed by atoms with Crippen LogP contribution in [0.1, 0.15) is 11.6 Å². The van der Waals surface area contributed by atoms with Gasteiger partial charge in [-0.3, -0.25) is 9.48 Å². The highest BCUT2D eigenvalue weighted by Gasteiger charge is 2.31. The molecule has 0 amide bonds. The summed E-state index contributed by atoms with van der Waals surface area (Å²) in [4.78, 5) is 16.8. The van der Waals surface area contributed by atoms with Gasteiger partial charge < -0.3 is 9.73 Å². The van der Waals surface area contributed by atoms with E-state index in [1.165, 1.54) is 6.26 Å². The highest BCUT2D eigenvalue weighted by molar-refractivity contribution is 5.92. The molecular formula is C17H14N6O2. The number of anilines is 1. The number of Topliss-reactive ketones (excluding diaryl/α,β-unsaturated/α-hetero) is 1. The Hall–Kier alpha value is -3.42. The monoisotopic (exact) mass is 334 g/mol. The molecule has 3 aromatic heterocycles. The topological polar surface area (TPSA) is 90.8 Å². The van der Waals surface area contributed by atoms with Crippen LogP contribution in [0.15, 0.2) is 47.5 Å². The number of hydrogen-bond acceptors (Lipinski definition) is 6. The standard InChI is InChI=1S/C17H14N6O2/c1-22-13-3-2-10(6-11(13)7-19-22)15-14(24)9-23-16(21-15)12(8-20-23)17-18-4-5-25-17/h2-8,15,21H,9H2,1H3. The maximum absolute atomic E-state index is 12.6. The summed E-state index contributed by atoms with van der Waals surface area (Å²) in [5.41, 5.74) is 2.67. The average molecular weight is 334 g/mol. The Bertz CT molecular complexity index is 1090. The van der Waals surface area contributed by atoms with Gasteiger partial charge in [0.2, 0.25) is 5.89 Å². The van der Waals surface area contributed by atoms with E-state index in [4.69, 9.17) is 4.42 Å². The molecule has 25 heavy (non-hydrogen) atoms. The van der Waals surface area contributed by atoms with Gasteiger partial charge in [0.25, 0.3) is 0 Å². The Kier molecular flexibility index (Phi) is 2.81. The van der Waals surface area contributed by atoms with Crippen LogP contribution in [-0.2, 0) is 18.4 Å². The van der Waals surface area contributed by atoms with Crippen LogP contribution < -0.4 is 5.32 Å². The molecule has 0 saturated carbocycles. The van der Waals surface area contributed by atoms with Crippen LogP contribution in [0.3, 0.4) is 0 Å². The number of oxazole rings is 1. The van der Waals surface area contributed by atoms with Gasteiger partial charge in [-0.15, -0.1) is 0 Å². The summed E-state index contributed by atoms with van der Waals surface area (Å²) in [5, 5.41) is 12.8. The first-order chi connectivity index (χ1) is 12.2. The number of benzene rings is 1. The maximum Gasteiger partial charge on any atom is 0.231 e. The number of aryl methyl sites for hydroxylation is 1. The van der Waals surface area contributed by atoms with Gasteiger partial charge in [0, 0.05) is 12.4 Å². The molecule has 0 radical (unpaired) electrons. The lowest BCUT2D eigenvalue weighted by atomic mass is 9.99. The van der Waals surface area contributed by atoms with E-state index in [1.54, 1.807) is 23.3 Å². The van der Waals surface area contributed by atoms with Gasteiger partial charge >= 0.3 is 0 Å². The van der Waals surface area contributed by atoms with Gasteiger partial charge in [-0.25, -0.2) is 9.67 Å². The summed E-state index contributed by atoms with van der Waals surface area (Å²) in [5.74, 6) is 1.26. The second-order valence-corrected chi connectivity index (χ2v) is 6.03. The van der Waals surface area contributed by atoms with Crippen molar-refractivity contribution >= 4 is 22.5 Å². The molecule has 8 nitrogen and oxygen atoms in total. The first kappa shape index (κ1) is 14.0. The predicted octanol–water partition coefficient (Wildman–Crippen LogP) is 2.16. The molecule has 124 valence electrons. The number of hydrogen-bond donors (Lipinski definition) is 1. The fourth-order valence-corrected chi connectivity index (χ4v) is 3.26. The molecule has 1 atom stereocenters. The summed E-state index contributed by atoms with van der Waals surface area (Å²) in [6, 6.07) is 5.49. The van der Waals surface area contributed by atoms with Crippen molar-refractivity contribution in [2.45, 2.75) is 12.6 Å². The third-order valence-corrected chi connectivity index (χ3v) is 4.51. The van der Waals surface area contributed by atoms with Crippen molar-refractivity contribution in [3.8, 4) is 11.5 Å². The van der Waals surface area contributed by atoms with E-state index in [9.17, 15) is 4.79 Å². The number of fused-ring (bicyclic) bond motifs is 2. The molecule has 0 bridgehead atoms. The Morgan fingerprint density at radius 3 is 3.04 bits per heavy atom. The van der Waals surface area contributed by atoms with Crippen LogP contribution in [-0.4, -0.2) is 30.3 Å². The highest BCUT2D eigenvalue weighted by Crippen LogP contribution is 2.34. The number of rotatable bonds is 2. The third-order valence-electron chi connectivity index (χ3n) is 4.51.